The minimum absolute atomic E-state index is 0.169. The molecule has 1 aromatic heterocycles. The number of para-hydroxylation sites is 1. The molecule has 2 aromatic carbocycles. The van der Waals surface area contributed by atoms with Crippen molar-refractivity contribution in [3.63, 3.8) is 0 Å². The molecule has 1 amide bonds. The standard InChI is InChI=1S/C22H21N3O3/c1-27-19-7-4-5-15(11-19)10-18-12-21(28-25-18)22(26)24-14-16-9-17-6-2-3-8-20(17)23-13-16/h2-9,11,13,21H,10,12,14H2,1H3,(H,24,26). The molecule has 0 aliphatic carbocycles. The van der Waals surface area contributed by atoms with Crippen LogP contribution in [0.1, 0.15) is 17.5 Å². The monoisotopic (exact) mass is 375 g/mol. The first-order valence-electron chi connectivity index (χ1n) is 9.17. The summed E-state index contributed by atoms with van der Waals surface area (Å²) in [6.07, 6.45) is 2.31. The molecule has 0 bridgehead atoms. The first-order chi connectivity index (χ1) is 13.7. The van der Waals surface area contributed by atoms with Gasteiger partial charge < -0.3 is 14.9 Å². The highest BCUT2D eigenvalue weighted by Gasteiger charge is 2.28. The molecule has 1 aliphatic rings. The van der Waals surface area contributed by atoms with Crippen molar-refractivity contribution in [2.45, 2.75) is 25.5 Å². The number of amides is 1. The van der Waals surface area contributed by atoms with Gasteiger partial charge in [-0.05, 0) is 35.4 Å². The third kappa shape index (κ3) is 4.11. The molecule has 1 atom stereocenters. The van der Waals surface area contributed by atoms with Crippen LogP contribution in [-0.4, -0.2) is 29.8 Å². The number of ether oxygens (including phenoxy) is 1. The predicted octanol–water partition coefficient (Wildman–Crippen LogP) is 3.25. The second-order valence-corrected chi connectivity index (χ2v) is 6.74. The van der Waals surface area contributed by atoms with Gasteiger partial charge in [0, 0.05) is 31.0 Å². The fourth-order valence-corrected chi connectivity index (χ4v) is 3.21. The number of benzene rings is 2. The first kappa shape index (κ1) is 18.0. The molecule has 1 N–H and O–H groups in total. The third-order valence-electron chi connectivity index (χ3n) is 4.68. The maximum atomic E-state index is 12.4. The van der Waals surface area contributed by atoms with E-state index in [0.29, 0.717) is 19.4 Å². The van der Waals surface area contributed by atoms with E-state index < -0.39 is 6.10 Å². The van der Waals surface area contributed by atoms with Crippen LogP contribution in [0.15, 0.2) is 65.9 Å². The van der Waals surface area contributed by atoms with Crippen LogP contribution >= 0.6 is 0 Å². The van der Waals surface area contributed by atoms with E-state index in [1.54, 1.807) is 13.3 Å². The lowest BCUT2D eigenvalue weighted by Gasteiger charge is -2.10. The van der Waals surface area contributed by atoms with Gasteiger partial charge in [-0.3, -0.25) is 9.78 Å². The number of pyridine rings is 1. The number of hydrogen-bond donors (Lipinski definition) is 1. The Morgan fingerprint density at radius 2 is 2.07 bits per heavy atom. The van der Waals surface area contributed by atoms with Crippen molar-refractivity contribution in [3.05, 3.63) is 71.9 Å². The van der Waals surface area contributed by atoms with E-state index in [-0.39, 0.29) is 5.91 Å². The van der Waals surface area contributed by atoms with Crippen molar-refractivity contribution >= 4 is 22.5 Å². The summed E-state index contributed by atoms with van der Waals surface area (Å²) >= 11 is 0. The minimum Gasteiger partial charge on any atom is -0.497 e. The van der Waals surface area contributed by atoms with Gasteiger partial charge in [-0.1, -0.05) is 35.5 Å². The molecule has 0 spiro atoms. The fourth-order valence-electron chi connectivity index (χ4n) is 3.21. The highest BCUT2D eigenvalue weighted by Crippen LogP contribution is 2.18. The number of methoxy groups -OCH3 is 1. The van der Waals surface area contributed by atoms with Crippen molar-refractivity contribution in [1.82, 2.24) is 10.3 Å². The Kier molecular flexibility index (Phi) is 5.19. The van der Waals surface area contributed by atoms with Gasteiger partial charge in [0.25, 0.3) is 5.91 Å². The second kappa shape index (κ2) is 8.08. The van der Waals surface area contributed by atoms with E-state index in [1.165, 1.54) is 0 Å². The van der Waals surface area contributed by atoms with Gasteiger partial charge in [0.05, 0.1) is 18.3 Å². The molecule has 1 aliphatic heterocycles. The Bertz CT molecular complexity index is 1030. The van der Waals surface area contributed by atoms with Gasteiger partial charge in [-0.2, -0.15) is 0 Å². The quantitative estimate of drug-likeness (QED) is 0.718. The largest absolute Gasteiger partial charge is 0.497 e. The maximum Gasteiger partial charge on any atom is 0.264 e. The third-order valence-corrected chi connectivity index (χ3v) is 4.68. The van der Waals surface area contributed by atoms with Crippen LogP contribution in [0.3, 0.4) is 0 Å². The highest BCUT2D eigenvalue weighted by molar-refractivity contribution is 5.94. The van der Waals surface area contributed by atoms with Crippen molar-refractivity contribution < 1.29 is 14.4 Å². The van der Waals surface area contributed by atoms with Crippen LogP contribution in [0, 0.1) is 0 Å². The molecular weight excluding hydrogens is 354 g/mol. The number of rotatable bonds is 6. The summed E-state index contributed by atoms with van der Waals surface area (Å²) in [7, 11) is 1.64. The van der Waals surface area contributed by atoms with Gasteiger partial charge in [0.1, 0.15) is 5.75 Å². The molecule has 1 unspecified atom stereocenters. The maximum absolute atomic E-state index is 12.4. The van der Waals surface area contributed by atoms with E-state index in [1.807, 2.05) is 54.6 Å². The molecule has 4 rings (SSSR count). The molecule has 0 fully saturated rings. The molecule has 6 heteroatoms. The number of hydrogen-bond acceptors (Lipinski definition) is 5. The van der Waals surface area contributed by atoms with Gasteiger partial charge in [0.2, 0.25) is 6.10 Å². The molecule has 0 saturated heterocycles. The average molecular weight is 375 g/mol. The second-order valence-electron chi connectivity index (χ2n) is 6.74. The van der Waals surface area contributed by atoms with Gasteiger partial charge in [0.15, 0.2) is 0 Å². The summed E-state index contributed by atoms with van der Waals surface area (Å²) in [5.74, 6) is 0.632. The van der Waals surface area contributed by atoms with Gasteiger partial charge >= 0.3 is 0 Å². The smallest absolute Gasteiger partial charge is 0.264 e. The highest BCUT2D eigenvalue weighted by atomic mass is 16.6. The normalized spacial score (nSPS) is 15.8. The van der Waals surface area contributed by atoms with Crippen LogP contribution in [0.5, 0.6) is 5.75 Å². The molecule has 0 radical (unpaired) electrons. The van der Waals surface area contributed by atoms with Crippen molar-refractivity contribution in [2.24, 2.45) is 5.16 Å². The van der Waals surface area contributed by atoms with Crippen molar-refractivity contribution in [1.29, 1.82) is 0 Å². The number of fused-ring (bicyclic) bond motifs is 1. The van der Waals surface area contributed by atoms with Crippen LogP contribution in [0.4, 0.5) is 0 Å². The van der Waals surface area contributed by atoms with E-state index >= 15 is 0 Å². The Labute approximate surface area is 163 Å². The number of aromatic nitrogens is 1. The number of nitrogens with zero attached hydrogens (tertiary/aromatic N) is 2. The van der Waals surface area contributed by atoms with Crippen LogP contribution in [0.25, 0.3) is 10.9 Å². The van der Waals surface area contributed by atoms with Crippen LogP contribution in [0.2, 0.25) is 0 Å². The summed E-state index contributed by atoms with van der Waals surface area (Å²) < 4.78 is 5.24. The number of carbonyl (C=O) groups is 1. The summed E-state index contributed by atoms with van der Waals surface area (Å²) in [6, 6.07) is 17.7. The molecule has 142 valence electrons. The van der Waals surface area contributed by atoms with E-state index in [0.717, 1.165) is 33.5 Å². The molecule has 2 heterocycles. The Morgan fingerprint density at radius 3 is 2.96 bits per heavy atom. The lowest BCUT2D eigenvalue weighted by molar-refractivity contribution is -0.131. The molecule has 3 aromatic rings. The van der Waals surface area contributed by atoms with E-state index in [4.69, 9.17) is 9.57 Å². The van der Waals surface area contributed by atoms with Crippen molar-refractivity contribution in [2.75, 3.05) is 7.11 Å². The number of nitrogens with one attached hydrogen (secondary N) is 1. The zero-order valence-corrected chi connectivity index (χ0v) is 15.6. The summed E-state index contributed by atoms with van der Waals surface area (Å²) in [5.41, 5.74) is 3.81. The first-order valence-corrected chi connectivity index (χ1v) is 9.17. The molecule has 6 nitrogen and oxygen atoms in total. The minimum atomic E-state index is -0.589. The summed E-state index contributed by atoms with van der Waals surface area (Å²) in [5, 5.41) is 8.05. The van der Waals surface area contributed by atoms with Crippen molar-refractivity contribution in [3.8, 4) is 5.75 Å². The van der Waals surface area contributed by atoms with E-state index in [9.17, 15) is 4.79 Å². The summed E-state index contributed by atoms with van der Waals surface area (Å²) in [6.45, 7) is 0.405. The number of carbonyl (C=O) groups excluding carboxylic acids is 1. The lowest BCUT2D eigenvalue weighted by Crippen LogP contribution is -2.34. The predicted molar refractivity (Wildman–Crippen MR) is 107 cm³/mol. The zero-order chi connectivity index (χ0) is 19.3. The average Bonchev–Trinajstić information content (AvgIpc) is 3.20. The molecule has 28 heavy (non-hydrogen) atoms. The lowest BCUT2D eigenvalue weighted by atomic mass is 10.0. The Hall–Kier alpha value is -3.41. The van der Waals surface area contributed by atoms with Crippen LogP contribution < -0.4 is 10.1 Å². The topological polar surface area (TPSA) is 72.8 Å². The molecular formula is C22H21N3O3. The van der Waals surface area contributed by atoms with Gasteiger partial charge in [-0.25, -0.2) is 0 Å². The SMILES string of the molecule is COc1cccc(CC2=NOC(C(=O)NCc3cnc4ccccc4c3)C2)c1. The van der Waals surface area contributed by atoms with E-state index in [2.05, 4.69) is 15.5 Å². The summed E-state index contributed by atoms with van der Waals surface area (Å²) in [4.78, 5) is 22.2. The molecule has 0 saturated carbocycles. The van der Waals surface area contributed by atoms with Crippen LogP contribution in [-0.2, 0) is 22.6 Å². The van der Waals surface area contributed by atoms with Gasteiger partial charge in [-0.15, -0.1) is 0 Å². The Morgan fingerprint density at radius 1 is 1.18 bits per heavy atom. The number of oxime groups is 1. The fraction of sp³-hybridized carbons (Fsp3) is 0.227. The Balaban J connectivity index is 1.31. The zero-order valence-electron chi connectivity index (χ0n) is 15.6.